The van der Waals surface area contributed by atoms with Crippen LogP contribution in [0.15, 0.2) is 28.7 Å². The monoisotopic (exact) mass is 231 g/mol. The fourth-order valence-corrected chi connectivity index (χ4v) is 2.24. The zero-order valence-electron chi connectivity index (χ0n) is 11.1. The molecule has 0 aliphatic heterocycles. The third-order valence-corrected chi connectivity index (χ3v) is 3.45. The Bertz CT molecular complexity index is 501. The fraction of sp³-hybridized carbons (Fsp3) is 0.467. The lowest BCUT2D eigenvalue weighted by atomic mass is 10.00. The molecule has 0 saturated carbocycles. The van der Waals surface area contributed by atoms with Crippen molar-refractivity contribution < 1.29 is 4.42 Å². The van der Waals surface area contributed by atoms with E-state index in [4.69, 9.17) is 4.42 Å². The average Bonchev–Trinajstić information content (AvgIpc) is 2.74. The van der Waals surface area contributed by atoms with Crippen molar-refractivity contribution in [2.75, 3.05) is 7.05 Å². The maximum absolute atomic E-state index is 5.98. The summed E-state index contributed by atoms with van der Waals surface area (Å²) in [6.07, 6.45) is 1.09. The number of fused-ring (bicyclic) bond motifs is 1. The van der Waals surface area contributed by atoms with E-state index in [1.807, 2.05) is 7.05 Å². The molecule has 1 aromatic heterocycles. The summed E-state index contributed by atoms with van der Waals surface area (Å²) in [7, 11) is 2.00. The van der Waals surface area contributed by atoms with E-state index in [0.29, 0.717) is 12.0 Å². The number of furan rings is 1. The number of rotatable bonds is 4. The highest BCUT2D eigenvalue weighted by Gasteiger charge is 2.14. The number of para-hydroxylation sites is 1. The number of hydrogen-bond acceptors (Lipinski definition) is 2. The van der Waals surface area contributed by atoms with Crippen molar-refractivity contribution in [3.63, 3.8) is 0 Å². The van der Waals surface area contributed by atoms with Crippen LogP contribution in [0.1, 0.15) is 37.5 Å². The van der Waals surface area contributed by atoms with Crippen LogP contribution in [-0.4, -0.2) is 13.1 Å². The summed E-state index contributed by atoms with van der Waals surface area (Å²) >= 11 is 0. The summed E-state index contributed by atoms with van der Waals surface area (Å²) in [6.45, 7) is 6.52. The van der Waals surface area contributed by atoms with Crippen LogP contribution in [0.25, 0.3) is 11.0 Å². The molecule has 1 N–H and O–H groups in total. The summed E-state index contributed by atoms with van der Waals surface area (Å²) in [6, 6.07) is 8.98. The van der Waals surface area contributed by atoms with E-state index >= 15 is 0 Å². The summed E-state index contributed by atoms with van der Waals surface area (Å²) < 4.78 is 5.98. The molecular formula is C15H21NO. The van der Waals surface area contributed by atoms with E-state index in [1.54, 1.807) is 0 Å². The topological polar surface area (TPSA) is 25.2 Å². The lowest BCUT2D eigenvalue weighted by Gasteiger charge is -2.14. The molecule has 1 aromatic carbocycles. The number of hydrogen-bond donors (Lipinski definition) is 1. The molecule has 0 spiro atoms. The Morgan fingerprint density at radius 2 is 2.06 bits per heavy atom. The predicted molar refractivity (Wildman–Crippen MR) is 72.5 cm³/mol. The molecule has 0 amide bonds. The molecule has 2 heteroatoms. The van der Waals surface area contributed by atoms with Crippen molar-refractivity contribution in [1.82, 2.24) is 5.32 Å². The van der Waals surface area contributed by atoms with Gasteiger partial charge in [0.05, 0.1) is 0 Å². The molecule has 2 rings (SSSR count). The Labute approximate surface area is 103 Å². The zero-order valence-corrected chi connectivity index (χ0v) is 11.1. The summed E-state index contributed by atoms with van der Waals surface area (Å²) in [5.41, 5.74) is 2.24. The van der Waals surface area contributed by atoms with Gasteiger partial charge in [-0.25, -0.2) is 0 Å². The second-order valence-electron chi connectivity index (χ2n) is 4.97. The van der Waals surface area contributed by atoms with Gasteiger partial charge in [0.1, 0.15) is 11.3 Å². The minimum absolute atomic E-state index is 0.448. The number of aryl methyl sites for hydroxylation is 1. The first-order valence-electron chi connectivity index (χ1n) is 6.28. The summed E-state index contributed by atoms with van der Waals surface area (Å²) in [4.78, 5) is 0. The van der Waals surface area contributed by atoms with Crippen molar-refractivity contribution >= 4 is 11.0 Å². The molecule has 0 saturated heterocycles. The molecule has 1 heterocycles. The molecule has 0 aliphatic carbocycles. The van der Waals surface area contributed by atoms with Gasteiger partial charge in [-0.05, 0) is 38.9 Å². The van der Waals surface area contributed by atoms with Crippen LogP contribution < -0.4 is 5.32 Å². The lowest BCUT2D eigenvalue weighted by molar-refractivity contribution is 0.444. The van der Waals surface area contributed by atoms with Gasteiger partial charge in [-0.15, -0.1) is 0 Å². The van der Waals surface area contributed by atoms with E-state index in [2.05, 4.69) is 50.4 Å². The minimum atomic E-state index is 0.448. The average molecular weight is 231 g/mol. The number of benzene rings is 1. The molecule has 17 heavy (non-hydrogen) atoms. The highest BCUT2D eigenvalue weighted by Crippen LogP contribution is 2.29. The molecule has 0 radical (unpaired) electrons. The third-order valence-electron chi connectivity index (χ3n) is 3.45. The Hall–Kier alpha value is -1.28. The van der Waals surface area contributed by atoms with Crippen LogP contribution in [-0.2, 0) is 0 Å². The van der Waals surface area contributed by atoms with Gasteiger partial charge in [0.15, 0.2) is 0 Å². The van der Waals surface area contributed by atoms with Gasteiger partial charge < -0.3 is 9.73 Å². The fourth-order valence-electron chi connectivity index (χ4n) is 2.24. The Balaban J connectivity index is 2.27. The van der Waals surface area contributed by atoms with Crippen LogP contribution in [0.4, 0.5) is 0 Å². The minimum Gasteiger partial charge on any atom is -0.461 e. The molecule has 0 fully saturated rings. The van der Waals surface area contributed by atoms with E-state index in [1.165, 1.54) is 10.9 Å². The van der Waals surface area contributed by atoms with Gasteiger partial charge in [-0.1, -0.05) is 25.1 Å². The third kappa shape index (κ3) is 2.52. The van der Waals surface area contributed by atoms with Crippen molar-refractivity contribution in [2.45, 2.75) is 39.2 Å². The smallest absolute Gasteiger partial charge is 0.137 e. The molecule has 2 aromatic rings. The standard InChI is InChI=1S/C15H21NO/c1-10-6-5-7-13-9-14(17-15(10)13)11(2)8-12(3)16-4/h5-7,9,11-12,16H,8H2,1-4H3. The Kier molecular flexibility index (Phi) is 3.53. The molecule has 2 atom stereocenters. The van der Waals surface area contributed by atoms with Crippen LogP contribution in [0.3, 0.4) is 0 Å². The quantitative estimate of drug-likeness (QED) is 0.864. The van der Waals surface area contributed by atoms with Gasteiger partial charge in [0.2, 0.25) is 0 Å². The zero-order chi connectivity index (χ0) is 12.4. The first-order valence-corrected chi connectivity index (χ1v) is 6.28. The van der Waals surface area contributed by atoms with Gasteiger partial charge in [-0.2, -0.15) is 0 Å². The highest BCUT2D eigenvalue weighted by atomic mass is 16.3. The largest absolute Gasteiger partial charge is 0.461 e. The van der Waals surface area contributed by atoms with Crippen molar-refractivity contribution in [3.8, 4) is 0 Å². The summed E-state index contributed by atoms with van der Waals surface area (Å²) in [5, 5.41) is 4.48. The molecule has 2 nitrogen and oxygen atoms in total. The lowest BCUT2D eigenvalue weighted by Crippen LogP contribution is -2.22. The van der Waals surface area contributed by atoms with Gasteiger partial charge in [0, 0.05) is 17.3 Å². The van der Waals surface area contributed by atoms with Crippen molar-refractivity contribution in [1.29, 1.82) is 0 Å². The Morgan fingerprint density at radius 3 is 2.71 bits per heavy atom. The second kappa shape index (κ2) is 4.92. The molecule has 0 aliphatic rings. The first-order chi connectivity index (χ1) is 8.11. The van der Waals surface area contributed by atoms with E-state index < -0.39 is 0 Å². The molecule has 92 valence electrons. The van der Waals surface area contributed by atoms with E-state index in [0.717, 1.165) is 17.8 Å². The highest BCUT2D eigenvalue weighted by molar-refractivity contribution is 5.80. The SMILES string of the molecule is CNC(C)CC(C)c1cc2cccc(C)c2o1. The van der Waals surface area contributed by atoms with Crippen molar-refractivity contribution in [3.05, 3.63) is 35.6 Å². The van der Waals surface area contributed by atoms with Crippen LogP contribution in [0, 0.1) is 6.92 Å². The normalized spacial score (nSPS) is 15.1. The second-order valence-corrected chi connectivity index (χ2v) is 4.97. The van der Waals surface area contributed by atoms with Gasteiger partial charge >= 0.3 is 0 Å². The predicted octanol–water partition coefficient (Wildman–Crippen LogP) is 3.84. The molecule has 2 unspecified atom stereocenters. The van der Waals surface area contributed by atoms with Crippen LogP contribution in [0.2, 0.25) is 0 Å². The maximum Gasteiger partial charge on any atom is 0.137 e. The van der Waals surface area contributed by atoms with E-state index in [9.17, 15) is 0 Å². The Morgan fingerprint density at radius 1 is 1.29 bits per heavy atom. The molecule has 0 bridgehead atoms. The van der Waals surface area contributed by atoms with E-state index in [-0.39, 0.29) is 0 Å². The van der Waals surface area contributed by atoms with Gasteiger partial charge in [0.25, 0.3) is 0 Å². The van der Waals surface area contributed by atoms with Gasteiger partial charge in [-0.3, -0.25) is 0 Å². The summed E-state index contributed by atoms with van der Waals surface area (Å²) in [5.74, 6) is 1.54. The van der Waals surface area contributed by atoms with Crippen molar-refractivity contribution in [2.24, 2.45) is 0 Å². The van der Waals surface area contributed by atoms with Crippen LogP contribution in [0.5, 0.6) is 0 Å². The first kappa shape index (κ1) is 12.2. The van der Waals surface area contributed by atoms with Crippen LogP contribution >= 0.6 is 0 Å². The number of nitrogens with one attached hydrogen (secondary N) is 1. The maximum atomic E-state index is 5.98. The molecular weight excluding hydrogens is 210 g/mol.